The predicted molar refractivity (Wildman–Crippen MR) is 80.9 cm³/mol. The molecular weight excluding hydrogens is 250 g/mol. The lowest BCUT2D eigenvalue weighted by molar-refractivity contribution is 0.151. The summed E-state index contributed by atoms with van der Waals surface area (Å²) in [4.78, 5) is 6.86. The van der Waals surface area contributed by atoms with E-state index in [1.165, 1.54) is 37.8 Å². The Bertz CT molecular complexity index is 514. The van der Waals surface area contributed by atoms with E-state index in [1.807, 2.05) is 20.9 Å². The van der Waals surface area contributed by atoms with Crippen LogP contribution in [0, 0.1) is 19.3 Å². The minimum absolute atomic E-state index is 0.611. The number of furan rings is 1. The Morgan fingerprint density at radius 3 is 2.70 bits per heavy atom. The van der Waals surface area contributed by atoms with E-state index in [1.54, 1.807) is 0 Å². The minimum atomic E-state index is 0.611. The number of aliphatic imine (C=N–C) groups is 1. The summed E-state index contributed by atoms with van der Waals surface area (Å²) in [6.45, 7) is 7.12. The van der Waals surface area contributed by atoms with E-state index < -0.39 is 0 Å². The zero-order chi connectivity index (χ0) is 14.2. The lowest BCUT2D eigenvalue weighted by Gasteiger charge is -2.38. The minimum Gasteiger partial charge on any atom is -0.466 e. The molecule has 1 saturated heterocycles. The van der Waals surface area contributed by atoms with Gasteiger partial charge in [-0.2, -0.15) is 0 Å². The summed E-state index contributed by atoms with van der Waals surface area (Å²) in [5, 5.41) is 3.48. The molecule has 4 heteroatoms. The Labute approximate surface area is 121 Å². The first-order valence-electron chi connectivity index (χ1n) is 7.63. The molecule has 110 valence electrons. The van der Waals surface area contributed by atoms with Gasteiger partial charge in [-0.15, -0.1) is 0 Å². The van der Waals surface area contributed by atoms with Crippen LogP contribution in [0.5, 0.6) is 0 Å². The second kappa shape index (κ2) is 5.15. The number of rotatable bonds is 2. The van der Waals surface area contributed by atoms with E-state index in [-0.39, 0.29) is 0 Å². The van der Waals surface area contributed by atoms with Crippen LogP contribution in [0.15, 0.2) is 15.5 Å². The molecule has 1 spiro atoms. The fourth-order valence-corrected chi connectivity index (χ4v) is 3.57. The molecule has 2 heterocycles. The van der Waals surface area contributed by atoms with Gasteiger partial charge in [-0.1, -0.05) is 6.42 Å². The van der Waals surface area contributed by atoms with E-state index in [0.29, 0.717) is 5.41 Å². The molecule has 2 fully saturated rings. The average Bonchev–Trinajstić information content (AvgIpc) is 2.94. The molecule has 0 aromatic carbocycles. The molecule has 0 bridgehead atoms. The molecule has 1 aliphatic heterocycles. The maximum absolute atomic E-state index is 5.57. The second-order valence-corrected chi connectivity index (χ2v) is 6.36. The highest BCUT2D eigenvalue weighted by atomic mass is 16.3. The topological polar surface area (TPSA) is 40.8 Å². The molecule has 2 aliphatic rings. The first kappa shape index (κ1) is 13.5. The van der Waals surface area contributed by atoms with Crippen molar-refractivity contribution in [3.8, 4) is 0 Å². The van der Waals surface area contributed by atoms with E-state index in [0.717, 1.165) is 30.6 Å². The molecule has 1 saturated carbocycles. The molecule has 1 aromatic rings. The third-order valence-corrected chi connectivity index (χ3v) is 4.94. The van der Waals surface area contributed by atoms with Gasteiger partial charge in [-0.25, -0.2) is 0 Å². The van der Waals surface area contributed by atoms with Gasteiger partial charge in [0.15, 0.2) is 5.96 Å². The van der Waals surface area contributed by atoms with Crippen molar-refractivity contribution in [2.45, 2.75) is 46.1 Å². The molecule has 1 aromatic heterocycles. The van der Waals surface area contributed by atoms with Crippen LogP contribution in [0.1, 0.15) is 42.8 Å². The van der Waals surface area contributed by atoms with E-state index >= 15 is 0 Å². The van der Waals surface area contributed by atoms with Crippen molar-refractivity contribution in [1.29, 1.82) is 0 Å². The van der Waals surface area contributed by atoms with Crippen LogP contribution in [-0.4, -0.2) is 31.0 Å². The van der Waals surface area contributed by atoms with Crippen LogP contribution in [0.4, 0.5) is 0 Å². The normalized spacial score (nSPS) is 21.4. The van der Waals surface area contributed by atoms with E-state index in [4.69, 9.17) is 4.42 Å². The van der Waals surface area contributed by atoms with Crippen molar-refractivity contribution in [2.24, 2.45) is 10.4 Å². The SMILES string of the molecule is CN=C(NCc1cc(C)oc1C)N1CCC2(CCC2)C1. The Hall–Kier alpha value is -1.45. The van der Waals surface area contributed by atoms with Crippen molar-refractivity contribution in [3.05, 3.63) is 23.2 Å². The van der Waals surface area contributed by atoms with Crippen molar-refractivity contribution in [3.63, 3.8) is 0 Å². The van der Waals surface area contributed by atoms with Crippen molar-refractivity contribution < 1.29 is 4.42 Å². The maximum Gasteiger partial charge on any atom is 0.193 e. The third-order valence-electron chi connectivity index (χ3n) is 4.94. The molecule has 0 unspecified atom stereocenters. The standard InChI is InChI=1S/C16H25N3O/c1-12-9-14(13(2)20-12)10-18-15(17-3)19-8-7-16(11-19)5-4-6-16/h9H,4-8,10-11H2,1-3H3,(H,17,18). The van der Waals surface area contributed by atoms with Crippen LogP contribution in [0.3, 0.4) is 0 Å². The number of hydrogen-bond donors (Lipinski definition) is 1. The molecule has 0 atom stereocenters. The average molecular weight is 275 g/mol. The van der Waals surface area contributed by atoms with Gasteiger partial charge in [0, 0.05) is 32.2 Å². The molecular formula is C16H25N3O. The first-order valence-corrected chi connectivity index (χ1v) is 7.63. The summed E-state index contributed by atoms with van der Waals surface area (Å²) < 4.78 is 5.57. The number of nitrogens with zero attached hydrogens (tertiary/aromatic N) is 2. The second-order valence-electron chi connectivity index (χ2n) is 6.36. The molecule has 3 rings (SSSR count). The van der Waals surface area contributed by atoms with Crippen molar-refractivity contribution in [2.75, 3.05) is 20.1 Å². The Morgan fingerprint density at radius 1 is 1.40 bits per heavy atom. The largest absolute Gasteiger partial charge is 0.466 e. The monoisotopic (exact) mass is 275 g/mol. The fraction of sp³-hybridized carbons (Fsp3) is 0.688. The smallest absolute Gasteiger partial charge is 0.193 e. The summed E-state index contributed by atoms with van der Waals surface area (Å²) in [6.07, 6.45) is 5.55. The number of likely N-dealkylation sites (tertiary alicyclic amines) is 1. The zero-order valence-corrected chi connectivity index (χ0v) is 12.8. The fourth-order valence-electron chi connectivity index (χ4n) is 3.57. The van der Waals surface area contributed by atoms with Crippen LogP contribution >= 0.6 is 0 Å². The van der Waals surface area contributed by atoms with Gasteiger partial charge >= 0.3 is 0 Å². The Balaban J connectivity index is 1.59. The quantitative estimate of drug-likeness (QED) is 0.666. The van der Waals surface area contributed by atoms with Crippen molar-refractivity contribution in [1.82, 2.24) is 10.2 Å². The number of guanidine groups is 1. The highest BCUT2D eigenvalue weighted by molar-refractivity contribution is 5.80. The summed E-state index contributed by atoms with van der Waals surface area (Å²) in [5.74, 6) is 3.01. The summed E-state index contributed by atoms with van der Waals surface area (Å²) >= 11 is 0. The van der Waals surface area contributed by atoms with Crippen LogP contribution < -0.4 is 5.32 Å². The van der Waals surface area contributed by atoms with Gasteiger partial charge < -0.3 is 14.6 Å². The van der Waals surface area contributed by atoms with Crippen LogP contribution in [0.25, 0.3) is 0 Å². The number of aryl methyl sites for hydroxylation is 2. The molecule has 1 aliphatic carbocycles. The van der Waals surface area contributed by atoms with Crippen molar-refractivity contribution >= 4 is 5.96 Å². The third kappa shape index (κ3) is 2.43. The van der Waals surface area contributed by atoms with Crippen LogP contribution in [-0.2, 0) is 6.54 Å². The molecule has 1 N–H and O–H groups in total. The van der Waals surface area contributed by atoms with E-state index in [9.17, 15) is 0 Å². The molecule has 0 amide bonds. The maximum atomic E-state index is 5.57. The van der Waals surface area contributed by atoms with Gasteiger partial charge in [-0.05, 0) is 44.6 Å². The van der Waals surface area contributed by atoms with Gasteiger partial charge in [0.05, 0.1) is 0 Å². The highest BCUT2D eigenvalue weighted by Crippen LogP contribution is 2.47. The van der Waals surface area contributed by atoms with Gasteiger partial charge in [-0.3, -0.25) is 4.99 Å². The Kier molecular flexibility index (Phi) is 3.48. The summed E-state index contributed by atoms with van der Waals surface area (Å²) in [6, 6.07) is 2.10. The van der Waals surface area contributed by atoms with Crippen LogP contribution in [0.2, 0.25) is 0 Å². The summed E-state index contributed by atoms with van der Waals surface area (Å²) in [7, 11) is 1.88. The zero-order valence-electron chi connectivity index (χ0n) is 12.8. The predicted octanol–water partition coefficient (Wildman–Crippen LogP) is 2.85. The summed E-state index contributed by atoms with van der Waals surface area (Å²) in [5.41, 5.74) is 1.83. The van der Waals surface area contributed by atoms with E-state index in [2.05, 4.69) is 21.3 Å². The lowest BCUT2D eigenvalue weighted by Crippen LogP contribution is -2.42. The molecule has 4 nitrogen and oxygen atoms in total. The number of nitrogens with one attached hydrogen (secondary N) is 1. The number of hydrogen-bond acceptors (Lipinski definition) is 2. The molecule has 20 heavy (non-hydrogen) atoms. The first-order chi connectivity index (χ1) is 9.62. The van der Waals surface area contributed by atoms with Gasteiger partial charge in [0.1, 0.15) is 11.5 Å². The Morgan fingerprint density at radius 2 is 2.20 bits per heavy atom. The van der Waals surface area contributed by atoms with Gasteiger partial charge in [0.2, 0.25) is 0 Å². The lowest BCUT2D eigenvalue weighted by atomic mass is 9.68. The highest BCUT2D eigenvalue weighted by Gasteiger charge is 2.43. The molecule has 0 radical (unpaired) electrons. The van der Waals surface area contributed by atoms with Gasteiger partial charge in [0.25, 0.3) is 0 Å².